The molecule has 2 fully saturated rings. The average Bonchev–Trinajstić information content (AvgIpc) is 2.99. The minimum absolute atomic E-state index is 0.224. The SMILES string of the molecule is CC1(C)CN(Cc2ccccc2)C(=O)N(C(=O)NCCCN2CCC(c3ccc(F)cc3)CC2)[C@@H]1c1ccc(F)c(F)c1. The van der Waals surface area contributed by atoms with Crippen molar-refractivity contribution in [3.63, 3.8) is 0 Å². The number of rotatable bonds is 8. The van der Waals surface area contributed by atoms with Gasteiger partial charge in [0.2, 0.25) is 0 Å². The second kappa shape index (κ2) is 13.2. The zero-order valence-electron chi connectivity index (χ0n) is 24.7. The van der Waals surface area contributed by atoms with E-state index in [1.54, 1.807) is 4.90 Å². The summed E-state index contributed by atoms with van der Waals surface area (Å²) >= 11 is 0. The highest BCUT2D eigenvalue weighted by atomic mass is 19.2. The molecule has 0 radical (unpaired) electrons. The molecule has 5 rings (SSSR count). The molecule has 0 saturated carbocycles. The van der Waals surface area contributed by atoms with Gasteiger partial charge in [-0.3, -0.25) is 0 Å². The van der Waals surface area contributed by atoms with Crippen molar-refractivity contribution < 1.29 is 22.8 Å². The molecule has 43 heavy (non-hydrogen) atoms. The number of amides is 4. The van der Waals surface area contributed by atoms with Crippen LogP contribution < -0.4 is 5.32 Å². The van der Waals surface area contributed by atoms with Gasteiger partial charge in [-0.15, -0.1) is 0 Å². The van der Waals surface area contributed by atoms with Crippen LogP contribution in [0.1, 0.15) is 61.8 Å². The fourth-order valence-electron chi connectivity index (χ4n) is 6.48. The smallest absolute Gasteiger partial charge is 0.329 e. The number of urea groups is 2. The van der Waals surface area contributed by atoms with Crippen LogP contribution in [0.2, 0.25) is 0 Å². The molecule has 2 heterocycles. The third-order valence-electron chi connectivity index (χ3n) is 8.62. The fourth-order valence-corrected chi connectivity index (χ4v) is 6.48. The lowest BCUT2D eigenvalue weighted by atomic mass is 9.77. The predicted molar refractivity (Wildman–Crippen MR) is 160 cm³/mol. The highest BCUT2D eigenvalue weighted by molar-refractivity contribution is 5.95. The molecule has 0 aromatic heterocycles. The topological polar surface area (TPSA) is 55.9 Å². The zero-order valence-corrected chi connectivity index (χ0v) is 24.7. The molecule has 1 N–H and O–H groups in total. The van der Waals surface area contributed by atoms with Crippen LogP contribution in [-0.4, -0.2) is 59.5 Å². The van der Waals surface area contributed by atoms with Crippen LogP contribution in [0.4, 0.5) is 22.8 Å². The standard InChI is InChI=1S/C34H39F3N4O2/c1-34(2)23-40(22-24-7-4-3-5-8-24)33(43)41(31(34)27-11-14-29(36)30(37)21-27)32(42)38-17-6-18-39-19-15-26(16-20-39)25-9-12-28(35)13-10-25/h3-5,7-14,21,26,31H,6,15-20,22-23H2,1-2H3,(H,38,42)/t31-/m1/s1. The van der Waals surface area contributed by atoms with Crippen molar-refractivity contribution in [2.24, 2.45) is 5.41 Å². The van der Waals surface area contributed by atoms with Crippen LogP contribution in [0.5, 0.6) is 0 Å². The van der Waals surface area contributed by atoms with E-state index < -0.39 is 35.2 Å². The zero-order chi connectivity index (χ0) is 30.6. The Balaban J connectivity index is 1.23. The van der Waals surface area contributed by atoms with E-state index in [4.69, 9.17) is 0 Å². The molecule has 0 bridgehead atoms. The maximum absolute atomic E-state index is 14.3. The number of piperidine rings is 1. The second-order valence-electron chi connectivity index (χ2n) is 12.3. The number of benzene rings is 3. The Morgan fingerprint density at radius 1 is 0.907 bits per heavy atom. The summed E-state index contributed by atoms with van der Waals surface area (Å²) in [7, 11) is 0. The first-order chi connectivity index (χ1) is 20.6. The maximum Gasteiger partial charge on any atom is 0.329 e. The quantitative estimate of drug-likeness (QED) is 0.284. The van der Waals surface area contributed by atoms with Gasteiger partial charge in [0.25, 0.3) is 0 Å². The first-order valence-electron chi connectivity index (χ1n) is 14.9. The molecule has 3 aromatic carbocycles. The van der Waals surface area contributed by atoms with Gasteiger partial charge in [-0.25, -0.2) is 27.7 Å². The third-order valence-corrected chi connectivity index (χ3v) is 8.62. The van der Waals surface area contributed by atoms with Gasteiger partial charge in [-0.05, 0) is 85.8 Å². The summed E-state index contributed by atoms with van der Waals surface area (Å²) in [6, 6.07) is 18.0. The normalized spacial score (nSPS) is 19.5. The number of imide groups is 1. The molecule has 0 spiro atoms. The first-order valence-corrected chi connectivity index (χ1v) is 14.9. The van der Waals surface area contributed by atoms with E-state index in [0.717, 1.165) is 50.2 Å². The van der Waals surface area contributed by atoms with Gasteiger partial charge in [-0.1, -0.05) is 62.4 Å². The van der Waals surface area contributed by atoms with E-state index in [9.17, 15) is 22.8 Å². The van der Waals surface area contributed by atoms with Crippen molar-refractivity contribution in [3.8, 4) is 0 Å². The molecule has 228 valence electrons. The molecule has 3 aromatic rings. The summed E-state index contributed by atoms with van der Waals surface area (Å²) in [4.78, 5) is 32.7. The number of carbonyl (C=O) groups is 2. The van der Waals surface area contributed by atoms with E-state index in [1.807, 2.05) is 56.3 Å². The third kappa shape index (κ3) is 7.21. The number of nitrogens with one attached hydrogen (secondary N) is 1. The molecule has 6 nitrogen and oxygen atoms in total. The number of hydrogen-bond donors (Lipinski definition) is 1. The summed E-state index contributed by atoms with van der Waals surface area (Å²) in [5, 5.41) is 2.92. The highest BCUT2D eigenvalue weighted by Crippen LogP contribution is 2.44. The molecule has 4 amide bonds. The van der Waals surface area contributed by atoms with Crippen molar-refractivity contribution in [3.05, 3.63) is 107 Å². The van der Waals surface area contributed by atoms with E-state index in [2.05, 4.69) is 10.2 Å². The molecule has 9 heteroatoms. The van der Waals surface area contributed by atoms with Gasteiger partial charge >= 0.3 is 12.1 Å². The number of halogens is 3. The van der Waals surface area contributed by atoms with E-state index in [1.165, 1.54) is 28.7 Å². The molecule has 2 saturated heterocycles. The molecule has 2 aliphatic heterocycles. The van der Waals surface area contributed by atoms with Crippen molar-refractivity contribution in [2.45, 2.75) is 51.6 Å². The monoisotopic (exact) mass is 592 g/mol. The van der Waals surface area contributed by atoms with Crippen LogP contribution in [0.15, 0.2) is 72.8 Å². The highest BCUT2D eigenvalue weighted by Gasteiger charge is 2.48. The molecular weight excluding hydrogens is 553 g/mol. The van der Waals surface area contributed by atoms with Crippen molar-refractivity contribution in [1.82, 2.24) is 20.0 Å². The number of hydrogen-bond acceptors (Lipinski definition) is 3. The second-order valence-corrected chi connectivity index (χ2v) is 12.3. The van der Waals surface area contributed by atoms with E-state index in [-0.39, 0.29) is 5.82 Å². The molecule has 0 unspecified atom stereocenters. The summed E-state index contributed by atoms with van der Waals surface area (Å²) in [5.74, 6) is -1.81. The van der Waals surface area contributed by atoms with Gasteiger partial charge in [0, 0.05) is 25.0 Å². The van der Waals surface area contributed by atoms with E-state index >= 15 is 0 Å². The van der Waals surface area contributed by atoms with Crippen LogP contribution in [0.25, 0.3) is 0 Å². The Morgan fingerprint density at radius 3 is 2.26 bits per heavy atom. The van der Waals surface area contributed by atoms with Gasteiger partial charge in [-0.2, -0.15) is 0 Å². The van der Waals surface area contributed by atoms with Crippen LogP contribution in [0, 0.1) is 22.9 Å². The Labute approximate surface area is 251 Å². The lowest BCUT2D eigenvalue weighted by Crippen LogP contribution is -2.61. The Bertz CT molecular complexity index is 1410. The molecule has 0 aliphatic carbocycles. The average molecular weight is 593 g/mol. The summed E-state index contributed by atoms with van der Waals surface area (Å²) in [6.07, 6.45) is 2.67. The first kappa shape index (κ1) is 30.6. The minimum atomic E-state index is -1.02. The van der Waals surface area contributed by atoms with Crippen LogP contribution in [0.3, 0.4) is 0 Å². The molecule has 1 atom stereocenters. The lowest BCUT2D eigenvalue weighted by molar-refractivity contribution is 0.0341. The van der Waals surface area contributed by atoms with Crippen LogP contribution in [-0.2, 0) is 6.54 Å². The molecule has 2 aliphatic rings. The maximum atomic E-state index is 14.3. The van der Waals surface area contributed by atoms with E-state index in [0.29, 0.717) is 37.5 Å². The Morgan fingerprint density at radius 2 is 1.58 bits per heavy atom. The number of carbonyl (C=O) groups excluding carboxylic acids is 2. The van der Waals surface area contributed by atoms with Crippen LogP contribution >= 0.6 is 0 Å². The predicted octanol–water partition coefficient (Wildman–Crippen LogP) is 7.09. The number of likely N-dealkylation sites (tertiary alicyclic amines) is 1. The van der Waals surface area contributed by atoms with Gasteiger partial charge in [0.05, 0.1) is 6.04 Å². The van der Waals surface area contributed by atoms with Gasteiger partial charge in [0.15, 0.2) is 11.6 Å². The summed E-state index contributed by atoms with van der Waals surface area (Å²) in [6.45, 7) is 7.52. The Hall–Kier alpha value is -3.85. The largest absolute Gasteiger partial charge is 0.338 e. The van der Waals surface area contributed by atoms with Crippen molar-refractivity contribution in [1.29, 1.82) is 0 Å². The lowest BCUT2D eigenvalue weighted by Gasteiger charge is -2.49. The Kier molecular flexibility index (Phi) is 9.40. The van der Waals surface area contributed by atoms with Crippen molar-refractivity contribution >= 4 is 12.1 Å². The fraction of sp³-hybridized carbons (Fsp3) is 0.412. The number of nitrogens with zero attached hydrogens (tertiary/aromatic N) is 3. The summed E-state index contributed by atoms with van der Waals surface area (Å²) < 4.78 is 41.4. The van der Waals surface area contributed by atoms with Gasteiger partial charge < -0.3 is 15.1 Å². The minimum Gasteiger partial charge on any atom is -0.338 e. The van der Waals surface area contributed by atoms with Gasteiger partial charge in [0.1, 0.15) is 5.82 Å². The molecular formula is C34H39F3N4O2. The summed E-state index contributed by atoms with van der Waals surface area (Å²) in [5.41, 5.74) is 1.82. The van der Waals surface area contributed by atoms with Crippen molar-refractivity contribution in [2.75, 3.05) is 32.7 Å².